The number of hydrogen-bond acceptors (Lipinski definition) is 3. The zero-order valence-corrected chi connectivity index (χ0v) is 12.9. The van der Waals surface area contributed by atoms with Crippen molar-refractivity contribution in [3.05, 3.63) is 0 Å². The third-order valence-corrected chi connectivity index (χ3v) is 3.73. The molecule has 2 unspecified atom stereocenters. The molecule has 0 aromatic rings. The van der Waals surface area contributed by atoms with E-state index in [0.29, 0.717) is 6.04 Å². The van der Waals surface area contributed by atoms with Gasteiger partial charge in [-0.3, -0.25) is 5.32 Å². The van der Waals surface area contributed by atoms with Crippen LogP contribution in [-0.4, -0.2) is 36.1 Å². The topological polar surface area (TPSA) is 39.1 Å². The van der Waals surface area contributed by atoms with Crippen LogP contribution < -0.4 is 5.32 Å². The SMILES string of the molecule is CCCCN(CCC(C)(C#N)NCC)C(C)CC. The van der Waals surface area contributed by atoms with E-state index >= 15 is 0 Å². The molecule has 0 radical (unpaired) electrons. The van der Waals surface area contributed by atoms with Gasteiger partial charge in [0.2, 0.25) is 0 Å². The Morgan fingerprint density at radius 3 is 2.39 bits per heavy atom. The van der Waals surface area contributed by atoms with E-state index in [2.05, 4.69) is 44.0 Å². The summed E-state index contributed by atoms with van der Waals surface area (Å²) in [7, 11) is 0. The Bertz CT molecular complexity index is 247. The molecular formula is C15H31N3. The monoisotopic (exact) mass is 253 g/mol. The number of rotatable bonds is 10. The van der Waals surface area contributed by atoms with Crippen molar-refractivity contribution >= 4 is 0 Å². The standard InChI is InChI=1S/C15H31N3/c1-6-9-11-18(14(4)7-2)12-10-15(5,13-16)17-8-3/h14,17H,6-12H2,1-5H3. The molecule has 2 atom stereocenters. The van der Waals surface area contributed by atoms with E-state index in [-0.39, 0.29) is 5.54 Å². The van der Waals surface area contributed by atoms with Crippen molar-refractivity contribution in [3.8, 4) is 6.07 Å². The maximum absolute atomic E-state index is 9.27. The first-order valence-electron chi connectivity index (χ1n) is 7.43. The molecule has 0 fully saturated rings. The van der Waals surface area contributed by atoms with Crippen LogP contribution in [0.15, 0.2) is 0 Å². The van der Waals surface area contributed by atoms with E-state index in [9.17, 15) is 5.26 Å². The first kappa shape index (κ1) is 17.4. The molecule has 0 saturated heterocycles. The van der Waals surface area contributed by atoms with E-state index < -0.39 is 0 Å². The molecule has 0 heterocycles. The second-order valence-electron chi connectivity index (χ2n) is 5.37. The van der Waals surface area contributed by atoms with Gasteiger partial charge in [0.15, 0.2) is 0 Å². The summed E-state index contributed by atoms with van der Waals surface area (Å²) in [5.74, 6) is 0. The third kappa shape index (κ3) is 6.37. The predicted molar refractivity (Wildman–Crippen MR) is 78.5 cm³/mol. The normalized spacial score (nSPS) is 16.3. The van der Waals surface area contributed by atoms with Crippen LogP contribution in [0.25, 0.3) is 0 Å². The molecule has 0 aliphatic rings. The smallest absolute Gasteiger partial charge is 0.105 e. The Labute approximate surface area is 114 Å². The van der Waals surface area contributed by atoms with Crippen molar-refractivity contribution in [2.45, 2.75) is 71.9 Å². The first-order chi connectivity index (χ1) is 8.52. The lowest BCUT2D eigenvalue weighted by molar-refractivity contribution is 0.184. The summed E-state index contributed by atoms with van der Waals surface area (Å²) in [6.45, 7) is 13.8. The van der Waals surface area contributed by atoms with Crippen LogP contribution in [0.4, 0.5) is 0 Å². The molecule has 3 nitrogen and oxygen atoms in total. The van der Waals surface area contributed by atoms with Crippen LogP contribution in [0.1, 0.15) is 60.3 Å². The van der Waals surface area contributed by atoms with Gasteiger partial charge in [-0.2, -0.15) is 5.26 Å². The second kappa shape index (κ2) is 9.35. The van der Waals surface area contributed by atoms with Crippen LogP contribution in [0.3, 0.4) is 0 Å². The zero-order chi connectivity index (χ0) is 14.0. The van der Waals surface area contributed by atoms with E-state index in [4.69, 9.17) is 0 Å². The van der Waals surface area contributed by atoms with Gasteiger partial charge < -0.3 is 4.90 Å². The minimum absolute atomic E-state index is 0.382. The highest BCUT2D eigenvalue weighted by molar-refractivity contribution is 5.03. The fourth-order valence-electron chi connectivity index (χ4n) is 2.11. The molecule has 0 spiro atoms. The molecule has 0 amide bonds. The Hall–Kier alpha value is -0.590. The molecule has 0 aromatic carbocycles. The summed E-state index contributed by atoms with van der Waals surface area (Å²) in [5.41, 5.74) is -0.382. The molecule has 106 valence electrons. The van der Waals surface area contributed by atoms with Gasteiger partial charge in [0.25, 0.3) is 0 Å². The van der Waals surface area contributed by atoms with Gasteiger partial charge >= 0.3 is 0 Å². The van der Waals surface area contributed by atoms with Gasteiger partial charge in [0.05, 0.1) is 6.07 Å². The van der Waals surface area contributed by atoms with Crippen molar-refractivity contribution in [1.82, 2.24) is 10.2 Å². The Morgan fingerprint density at radius 1 is 1.28 bits per heavy atom. The summed E-state index contributed by atoms with van der Waals surface area (Å²) in [4.78, 5) is 2.52. The first-order valence-corrected chi connectivity index (χ1v) is 7.43. The van der Waals surface area contributed by atoms with Crippen LogP contribution >= 0.6 is 0 Å². The summed E-state index contributed by atoms with van der Waals surface area (Å²) < 4.78 is 0. The van der Waals surface area contributed by atoms with Crippen molar-refractivity contribution in [2.24, 2.45) is 0 Å². The lowest BCUT2D eigenvalue weighted by atomic mass is 9.99. The van der Waals surface area contributed by atoms with Gasteiger partial charge in [-0.1, -0.05) is 27.2 Å². The molecule has 1 N–H and O–H groups in total. The molecule has 0 aliphatic carbocycles. The summed E-state index contributed by atoms with van der Waals surface area (Å²) in [6.07, 6.45) is 4.55. The minimum Gasteiger partial charge on any atom is -0.301 e. The molecule has 0 aromatic heterocycles. The average molecular weight is 253 g/mol. The van der Waals surface area contributed by atoms with Gasteiger partial charge in [-0.15, -0.1) is 0 Å². The van der Waals surface area contributed by atoms with E-state index in [0.717, 1.165) is 26.1 Å². The highest BCUT2D eigenvalue weighted by atomic mass is 15.1. The van der Waals surface area contributed by atoms with E-state index in [1.54, 1.807) is 0 Å². The molecule has 0 bridgehead atoms. The summed E-state index contributed by atoms with van der Waals surface area (Å²) in [5, 5.41) is 12.6. The number of nitrogens with zero attached hydrogens (tertiary/aromatic N) is 2. The van der Waals surface area contributed by atoms with E-state index in [1.807, 2.05) is 6.92 Å². The maximum Gasteiger partial charge on any atom is 0.105 e. The van der Waals surface area contributed by atoms with Crippen molar-refractivity contribution < 1.29 is 0 Å². The fourth-order valence-corrected chi connectivity index (χ4v) is 2.11. The summed E-state index contributed by atoms with van der Waals surface area (Å²) >= 11 is 0. The molecule has 0 saturated carbocycles. The molecule has 18 heavy (non-hydrogen) atoms. The number of hydrogen-bond donors (Lipinski definition) is 1. The lowest BCUT2D eigenvalue weighted by Crippen LogP contribution is -2.45. The van der Waals surface area contributed by atoms with Gasteiger partial charge in [-0.05, 0) is 46.2 Å². The average Bonchev–Trinajstić information content (AvgIpc) is 2.38. The van der Waals surface area contributed by atoms with Crippen molar-refractivity contribution in [3.63, 3.8) is 0 Å². The fraction of sp³-hybridized carbons (Fsp3) is 0.933. The minimum atomic E-state index is -0.382. The number of nitrogens with one attached hydrogen (secondary N) is 1. The largest absolute Gasteiger partial charge is 0.301 e. The number of unbranched alkanes of at least 4 members (excludes halogenated alkanes) is 1. The lowest BCUT2D eigenvalue weighted by Gasteiger charge is -2.32. The highest BCUT2D eigenvalue weighted by Gasteiger charge is 2.24. The van der Waals surface area contributed by atoms with Gasteiger partial charge in [0.1, 0.15) is 5.54 Å². The third-order valence-electron chi connectivity index (χ3n) is 3.73. The highest BCUT2D eigenvalue weighted by Crippen LogP contribution is 2.13. The second-order valence-corrected chi connectivity index (χ2v) is 5.37. The molecular weight excluding hydrogens is 222 g/mol. The Morgan fingerprint density at radius 2 is 1.94 bits per heavy atom. The van der Waals surface area contributed by atoms with Gasteiger partial charge in [0, 0.05) is 12.6 Å². The predicted octanol–water partition coefficient (Wildman–Crippen LogP) is 3.17. The zero-order valence-electron chi connectivity index (χ0n) is 12.9. The van der Waals surface area contributed by atoms with E-state index in [1.165, 1.54) is 19.3 Å². The quantitative estimate of drug-likeness (QED) is 0.650. The molecule has 3 heteroatoms. The Balaban J connectivity index is 4.35. The summed E-state index contributed by atoms with van der Waals surface area (Å²) in [6, 6.07) is 3.02. The maximum atomic E-state index is 9.27. The van der Waals surface area contributed by atoms with Crippen LogP contribution in [-0.2, 0) is 0 Å². The van der Waals surface area contributed by atoms with Gasteiger partial charge in [-0.25, -0.2) is 0 Å². The van der Waals surface area contributed by atoms with Crippen molar-refractivity contribution in [1.29, 1.82) is 5.26 Å². The molecule has 0 rings (SSSR count). The van der Waals surface area contributed by atoms with Crippen LogP contribution in [0.5, 0.6) is 0 Å². The molecule has 0 aliphatic heterocycles. The van der Waals surface area contributed by atoms with Crippen molar-refractivity contribution in [2.75, 3.05) is 19.6 Å². The Kier molecular flexibility index (Phi) is 9.05. The van der Waals surface area contributed by atoms with Crippen LogP contribution in [0.2, 0.25) is 0 Å². The van der Waals surface area contributed by atoms with Crippen LogP contribution in [0, 0.1) is 11.3 Å². The number of nitriles is 1.